The summed E-state index contributed by atoms with van der Waals surface area (Å²) in [7, 11) is 0. The van der Waals surface area contributed by atoms with Crippen LogP contribution in [0.3, 0.4) is 0 Å². The monoisotopic (exact) mass is 253 g/mol. The molecule has 2 fully saturated rings. The Morgan fingerprint density at radius 2 is 1.44 bits per heavy atom. The summed E-state index contributed by atoms with van der Waals surface area (Å²) in [6.07, 6.45) is 8.11. The molecule has 0 spiro atoms. The highest BCUT2D eigenvalue weighted by Crippen LogP contribution is 2.30. The van der Waals surface area contributed by atoms with E-state index in [1.165, 1.54) is 38.5 Å². The van der Waals surface area contributed by atoms with Gasteiger partial charge in [0.25, 0.3) is 0 Å². The molecule has 0 aromatic rings. The van der Waals surface area contributed by atoms with E-state index in [1.54, 1.807) is 0 Å². The van der Waals surface area contributed by atoms with E-state index in [0.29, 0.717) is 6.04 Å². The second kappa shape index (κ2) is 6.91. The molecule has 2 nitrogen and oxygen atoms in total. The normalized spacial score (nSPS) is 32.7. The predicted octanol–water partition coefficient (Wildman–Crippen LogP) is 3.61. The molecule has 1 saturated carbocycles. The lowest BCUT2D eigenvalue weighted by Gasteiger charge is -2.36. The molecular formula is C16H31NO. The largest absolute Gasteiger partial charge is 0.381 e. The average molecular weight is 253 g/mol. The standard InChI is InChI=1S/C16H31NO/c1-12(2)14-4-6-16(7-5-14)17-13(3)15-8-10-18-11-9-15/h12-17H,4-11H2,1-3H3. The Bertz CT molecular complexity index is 227. The van der Waals surface area contributed by atoms with Crippen molar-refractivity contribution in [2.75, 3.05) is 13.2 Å². The maximum absolute atomic E-state index is 5.45. The summed E-state index contributed by atoms with van der Waals surface area (Å²) < 4.78 is 5.45. The number of rotatable bonds is 4. The zero-order valence-corrected chi connectivity index (χ0v) is 12.5. The van der Waals surface area contributed by atoms with E-state index >= 15 is 0 Å². The van der Waals surface area contributed by atoms with Crippen LogP contribution >= 0.6 is 0 Å². The number of hydrogen-bond donors (Lipinski definition) is 1. The molecule has 1 aliphatic carbocycles. The van der Waals surface area contributed by atoms with Crippen molar-refractivity contribution in [3.05, 3.63) is 0 Å². The van der Waals surface area contributed by atoms with Crippen molar-refractivity contribution in [1.82, 2.24) is 5.32 Å². The minimum absolute atomic E-state index is 0.675. The van der Waals surface area contributed by atoms with Crippen LogP contribution in [0.5, 0.6) is 0 Å². The molecular weight excluding hydrogens is 222 g/mol. The molecule has 2 aliphatic rings. The summed E-state index contributed by atoms with van der Waals surface area (Å²) in [5.41, 5.74) is 0. The Balaban J connectivity index is 1.70. The van der Waals surface area contributed by atoms with Crippen molar-refractivity contribution in [2.24, 2.45) is 17.8 Å². The zero-order chi connectivity index (χ0) is 13.0. The molecule has 1 N–H and O–H groups in total. The molecule has 0 radical (unpaired) electrons. The fourth-order valence-corrected chi connectivity index (χ4v) is 3.68. The number of nitrogens with one attached hydrogen (secondary N) is 1. The summed E-state index contributed by atoms with van der Waals surface area (Å²) in [5.74, 6) is 2.68. The van der Waals surface area contributed by atoms with Gasteiger partial charge in [0.2, 0.25) is 0 Å². The van der Waals surface area contributed by atoms with E-state index in [9.17, 15) is 0 Å². The minimum Gasteiger partial charge on any atom is -0.381 e. The summed E-state index contributed by atoms with van der Waals surface area (Å²) in [6.45, 7) is 9.07. The van der Waals surface area contributed by atoms with Crippen LogP contribution in [-0.2, 0) is 4.74 Å². The molecule has 1 atom stereocenters. The van der Waals surface area contributed by atoms with E-state index in [-0.39, 0.29) is 0 Å². The van der Waals surface area contributed by atoms with Gasteiger partial charge in [-0.2, -0.15) is 0 Å². The van der Waals surface area contributed by atoms with Crippen LogP contribution in [0.25, 0.3) is 0 Å². The molecule has 18 heavy (non-hydrogen) atoms. The third-order valence-electron chi connectivity index (χ3n) is 5.19. The summed E-state index contributed by atoms with van der Waals surface area (Å²) in [4.78, 5) is 0. The van der Waals surface area contributed by atoms with Crippen molar-refractivity contribution >= 4 is 0 Å². The highest BCUT2D eigenvalue weighted by atomic mass is 16.5. The van der Waals surface area contributed by atoms with Gasteiger partial charge in [-0.15, -0.1) is 0 Å². The van der Waals surface area contributed by atoms with Gasteiger partial charge in [0.15, 0.2) is 0 Å². The predicted molar refractivity (Wildman–Crippen MR) is 76.7 cm³/mol. The first-order valence-electron chi connectivity index (χ1n) is 8.00. The fraction of sp³-hybridized carbons (Fsp3) is 1.00. The number of hydrogen-bond acceptors (Lipinski definition) is 2. The van der Waals surface area contributed by atoms with E-state index < -0.39 is 0 Å². The molecule has 0 aromatic heterocycles. The highest BCUT2D eigenvalue weighted by Gasteiger charge is 2.26. The van der Waals surface area contributed by atoms with Crippen molar-refractivity contribution in [1.29, 1.82) is 0 Å². The maximum atomic E-state index is 5.45. The molecule has 2 rings (SSSR count). The van der Waals surface area contributed by atoms with Crippen LogP contribution in [0.15, 0.2) is 0 Å². The highest BCUT2D eigenvalue weighted by molar-refractivity contribution is 4.83. The minimum atomic E-state index is 0.675. The van der Waals surface area contributed by atoms with Crippen LogP contribution in [0.4, 0.5) is 0 Å². The van der Waals surface area contributed by atoms with Crippen LogP contribution in [-0.4, -0.2) is 25.3 Å². The fourth-order valence-electron chi connectivity index (χ4n) is 3.68. The lowest BCUT2D eigenvalue weighted by Crippen LogP contribution is -2.44. The zero-order valence-electron chi connectivity index (χ0n) is 12.5. The molecule has 1 aliphatic heterocycles. The first kappa shape index (κ1) is 14.3. The van der Waals surface area contributed by atoms with E-state index in [0.717, 1.165) is 37.0 Å². The Hall–Kier alpha value is -0.0800. The molecule has 1 saturated heterocycles. The van der Waals surface area contributed by atoms with E-state index in [4.69, 9.17) is 4.74 Å². The Kier molecular flexibility index (Phi) is 5.50. The third-order valence-corrected chi connectivity index (χ3v) is 5.19. The summed E-state index contributed by atoms with van der Waals surface area (Å²) >= 11 is 0. The second-order valence-corrected chi connectivity index (χ2v) is 6.76. The lowest BCUT2D eigenvalue weighted by atomic mass is 9.79. The van der Waals surface area contributed by atoms with Crippen LogP contribution in [0.2, 0.25) is 0 Å². The van der Waals surface area contributed by atoms with Crippen LogP contribution in [0, 0.1) is 17.8 Å². The van der Waals surface area contributed by atoms with Gasteiger partial charge in [-0.1, -0.05) is 13.8 Å². The first-order valence-corrected chi connectivity index (χ1v) is 8.00. The van der Waals surface area contributed by atoms with Gasteiger partial charge in [0.1, 0.15) is 0 Å². The van der Waals surface area contributed by atoms with Gasteiger partial charge in [0, 0.05) is 25.3 Å². The van der Waals surface area contributed by atoms with Gasteiger partial charge in [0.05, 0.1) is 0 Å². The molecule has 0 amide bonds. The van der Waals surface area contributed by atoms with Gasteiger partial charge in [-0.05, 0) is 63.2 Å². The average Bonchev–Trinajstić information content (AvgIpc) is 2.40. The quantitative estimate of drug-likeness (QED) is 0.826. The smallest absolute Gasteiger partial charge is 0.0469 e. The molecule has 0 aromatic carbocycles. The first-order chi connectivity index (χ1) is 8.66. The van der Waals surface area contributed by atoms with Crippen molar-refractivity contribution in [2.45, 2.75) is 71.4 Å². The molecule has 106 valence electrons. The van der Waals surface area contributed by atoms with Gasteiger partial charge >= 0.3 is 0 Å². The van der Waals surface area contributed by atoms with Crippen molar-refractivity contribution < 1.29 is 4.74 Å². The van der Waals surface area contributed by atoms with E-state index in [2.05, 4.69) is 26.1 Å². The Morgan fingerprint density at radius 3 is 2.00 bits per heavy atom. The Labute approximate surface area is 113 Å². The van der Waals surface area contributed by atoms with Gasteiger partial charge in [-0.3, -0.25) is 0 Å². The summed E-state index contributed by atoms with van der Waals surface area (Å²) in [5, 5.41) is 3.89. The SMILES string of the molecule is CC(C)C1CCC(NC(C)C2CCOCC2)CC1. The number of ether oxygens (including phenoxy) is 1. The van der Waals surface area contributed by atoms with Gasteiger partial charge < -0.3 is 10.1 Å². The van der Waals surface area contributed by atoms with Crippen molar-refractivity contribution in [3.63, 3.8) is 0 Å². The summed E-state index contributed by atoms with van der Waals surface area (Å²) in [6, 6.07) is 1.45. The lowest BCUT2D eigenvalue weighted by molar-refractivity contribution is 0.0529. The maximum Gasteiger partial charge on any atom is 0.0469 e. The van der Waals surface area contributed by atoms with Crippen molar-refractivity contribution in [3.8, 4) is 0 Å². The second-order valence-electron chi connectivity index (χ2n) is 6.76. The van der Waals surface area contributed by atoms with Crippen LogP contribution in [0.1, 0.15) is 59.3 Å². The molecule has 0 bridgehead atoms. The Morgan fingerprint density at radius 1 is 0.833 bits per heavy atom. The van der Waals surface area contributed by atoms with Crippen LogP contribution < -0.4 is 5.32 Å². The topological polar surface area (TPSA) is 21.3 Å². The molecule has 1 heterocycles. The third kappa shape index (κ3) is 3.96. The molecule has 2 heteroatoms. The van der Waals surface area contributed by atoms with Gasteiger partial charge in [-0.25, -0.2) is 0 Å². The van der Waals surface area contributed by atoms with E-state index in [1.807, 2.05) is 0 Å². The molecule has 1 unspecified atom stereocenters.